The van der Waals surface area contributed by atoms with Crippen LogP contribution in [0, 0.1) is 5.92 Å². The number of aromatic nitrogens is 3. The number of nitrogens with zero attached hydrogens (tertiary/aromatic N) is 4. The summed E-state index contributed by atoms with van der Waals surface area (Å²) in [5.41, 5.74) is 2.50. The molecule has 1 saturated heterocycles. The second kappa shape index (κ2) is 6.32. The van der Waals surface area contributed by atoms with Crippen LogP contribution < -0.4 is 5.56 Å². The predicted molar refractivity (Wildman–Crippen MR) is 98.0 cm³/mol. The first-order valence-corrected chi connectivity index (χ1v) is 10.3. The summed E-state index contributed by atoms with van der Waals surface area (Å²) in [6, 6.07) is 3.60. The Balaban J connectivity index is 1.17. The smallest absolute Gasteiger partial charge is 0.266 e. The normalized spacial score (nSPS) is 21.1. The van der Waals surface area contributed by atoms with Gasteiger partial charge < -0.3 is 0 Å². The van der Waals surface area contributed by atoms with E-state index in [4.69, 9.17) is 4.98 Å². The second-order valence-corrected chi connectivity index (χ2v) is 8.97. The van der Waals surface area contributed by atoms with Gasteiger partial charge in [0.25, 0.3) is 5.56 Å². The van der Waals surface area contributed by atoms with Crippen molar-refractivity contribution in [1.29, 1.82) is 0 Å². The largest absolute Gasteiger partial charge is 0.296 e. The quantitative estimate of drug-likeness (QED) is 0.826. The van der Waals surface area contributed by atoms with Crippen molar-refractivity contribution >= 4 is 11.3 Å². The molecule has 3 aliphatic rings. The van der Waals surface area contributed by atoms with E-state index in [1.54, 1.807) is 10.7 Å². The number of aryl methyl sites for hydroxylation is 2. The molecular weight excluding hydrogens is 332 g/mol. The minimum absolute atomic E-state index is 0.0375. The minimum atomic E-state index is 0.0375. The molecule has 0 radical (unpaired) electrons. The Morgan fingerprint density at radius 2 is 2.00 bits per heavy atom. The highest BCUT2D eigenvalue weighted by Crippen LogP contribution is 2.38. The molecule has 3 heterocycles. The van der Waals surface area contributed by atoms with Gasteiger partial charge in [0.1, 0.15) is 5.01 Å². The topological polar surface area (TPSA) is 51.0 Å². The number of thiazole rings is 1. The second-order valence-electron chi connectivity index (χ2n) is 7.80. The fraction of sp³-hybridized carbons (Fsp3) is 0.632. The molecule has 2 aliphatic carbocycles. The summed E-state index contributed by atoms with van der Waals surface area (Å²) in [4.78, 5) is 20.9. The van der Waals surface area contributed by atoms with E-state index in [1.165, 1.54) is 54.1 Å². The fourth-order valence-corrected chi connectivity index (χ4v) is 5.22. The molecular formula is C19H24N4OS. The van der Waals surface area contributed by atoms with Gasteiger partial charge in [-0.2, -0.15) is 5.10 Å². The minimum Gasteiger partial charge on any atom is -0.296 e. The molecule has 2 aromatic heterocycles. The lowest BCUT2D eigenvalue weighted by Gasteiger charge is -2.38. The number of likely N-dealkylation sites (tertiary alicyclic amines) is 1. The third-order valence-corrected chi connectivity index (χ3v) is 6.74. The van der Waals surface area contributed by atoms with Gasteiger partial charge in [-0.3, -0.25) is 9.69 Å². The van der Waals surface area contributed by atoms with Gasteiger partial charge in [-0.15, -0.1) is 11.3 Å². The van der Waals surface area contributed by atoms with Crippen molar-refractivity contribution in [2.45, 2.75) is 57.5 Å². The standard InChI is InChI=1S/C19H24N4OS/c24-19-8-7-15(14-5-6-14)21-23(19)11-13-9-22(10-13)12-18-20-16-3-1-2-4-17(16)25-18/h7-8,13-14H,1-6,9-12H2. The van der Waals surface area contributed by atoms with Crippen LogP contribution in [0.3, 0.4) is 0 Å². The third-order valence-electron chi connectivity index (χ3n) is 5.60. The number of rotatable bonds is 5. The Hall–Kier alpha value is -1.53. The van der Waals surface area contributed by atoms with Crippen LogP contribution in [0.2, 0.25) is 0 Å². The molecule has 2 fully saturated rings. The molecule has 1 aliphatic heterocycles. The summed E-state index contributed by atoms with van der Waals surface area (Å²) in [5.74, 6) is 1.13. The molecule has 0 bridgehead atoms. The van der Waals surface area contributed by atoms with Crippen LogP contribution in [0.25, 0.3) is 0 Å². The molecule has 132 valence electrons. The summed E-state index contributed by atoms with van der Waals surface area (Å²) in [7, 11) is 0. The zero-order valence-corrected chi connectivity index (χ0v) is 15.3. The van der Waals surface area contributed by atoms with E-state index in [-0.39, 0.29) is 5.56 Å². The van der Waals surface area contributed by atoms with E-state index in [9.17, 15) is 4.79 Å². The average molecular weight is 356 g/mol. The van der Waals surface area contributed by atoms with Crippen LogP contribution in [0.5, 0.6) is 0 Å². The summed E-state index contributed by atoms with van der Waals surface area (Å²) < 4.78 is 1.69. The Morgan fingerprint density at radius 1 is 1.16 bits per heavy atom. The van der Waals surface area contributed by atoms with Crippen LogP contribution in [0.15, 0.2) is 16.9 Å². The van der Waals surface area contributed by atoms with Crippen LogP contribution >= 0.6 is 11.3 Å². The molecule has 0 aromatic carbocycles. The van der Waals surface area contributed by atoms with Crippen molar-refractivity contribution in [3.05, 3.63) is 43.8 Å². The molecule has 2 aromatic rings. The highest BCUT2D eigenvalue weighted by molar-refractivity contribution is 7.11. The monoisotopic (exact) mass is 356 g/mol. The maximum absolute atomic E-state index is 12.1. The van der Waals surface area contributed by atoms with Crippen LogP contribution in [0.1, 0.15) is 52.9 Å². The summed E-state index contributed by atoms with van der Waals surface area (Å²) >= 11 is 1.91. The maximum Gasteiger partial charge on any atom is 0.266 e. The lowest BCUT2D eigenvalue weighted by molar-refractivity contribution is 0.0764. The average Bonchev–Trinajstić information content (AvgIpc) is 3.34. The van der Waals surface area contributed by atoms with Gasteiger partial charge in [-0.05, 0) is 44.6 Å². The fourth-order valence-electron chi connectivity index (χ4n) is 4.02. The van der Waals surface area contributed by atoms with E-state index >= 15 is 0 Å². The Bertz CT molecular complexity index is 809. The molecule has 1 saturated carbocycles. The molecule has 5 nitrogen and oxygen atoms in total. The van der Waals surface area contributed by atoms with Gasteiger partial charge >= 0.3 is 0 Å². The van der Waals surface area contributed by atoms with Crippen molar-refractivity contribution in [2.24, 2.45) is 5.92 Å². The number of hydrogen-bond acceptors (Lipinski definition) is 5. The Morgan fingerprint density at radius 3 is 2.80 bits per heavy atom. The third kappa shape index (κ3) is 3.29. The Labute approximate surface area is 151 Å². The first kappa shape index (κ1) is 15.7. The first-order chi connectivity index (χ1) is 12.2. The SMILES string of the molecule is O=c1ccc(C2CC2)nn1CC1CN(Cc2nc3c(s2)CCCC3)C1. The summed E-state index contributed by atoms with van der Waals surface area (Å²) in [6.07, 6.45) is 7.45. The van der Waals surface area contributed by atoms with Crippen LogP contribution in [0.4, 0.5) is 0 Å². The van der Waals surface area contributed by atoms with Crippen molar-refractivity contribution in [3.63, 3.8) is 0 Å². The predicted octanol–water partition coefficient (Wildman–Crippen LogP) is 2.59. The van der Waals surface area contributed by atoms with E-state index in [1.807, 2.05) is 17.4 Å². The highest BCUT2D eigenvalue weighted by atomic mass is 32.1. The molecule has 25 heavy (non-hydrogen) atoms. The van der Waals surface area contributed by atoms with E-state index < -0.39 is 0 Å². The highest BCUT2D eigenvalue weighted by Gasteiger charge is 2.30. The summed E-state index contributed by atoms with van der Waals surface area (Å²) in [6.45, 7) is 3.82. The molecule has 0 unspecified atom stereocenters. The van der Waals surface area contributed by atoms with Crippen molar-refractivity contribution in [2.75, 3.05) is 13.1 Å². The molecule has 0 N–H and O–H groups in total. The maximum atomic E-state index is 12.1. The van der Waals surface area contributed by atoms with E-state index in [2.05, 4.69) is 10.00 Å². The first-order valence-electron chi connectivity index (χ1n) is 9.52. The van der Waals surface area contributed by atoms with Crippen molar-refractivity contribution in [3.8, 4) is 0 Å². The van der Waals surface area contributed by atoms with Crippen LogP contribution in [-0.2, 0) is 25.9 Å². The number of hydrogen-bond donors (Lipinski definition) is 0. The van der Waals surface area contributed by atoms with Gasteiger partial charge in [0, 0.05) is 35.9 Å². The summed E-state index contributed by atoms with van der Waals surface area (Å²) in [5, 5.41) is 5.86. The van der Waals surface area contributed by atoms with E-state index in [0.717, 1.165) is 31.9 Å². The van der Waals surface area contributed by atoms with Crippen molar-refractivity contribution in [1.82, 2.24) is 19.7 Å². The lowest BCUT2D eigenvalue weighted by atomic mass is 10.0. The molecule has 6 heteroatoms. The van der Waals surface area contributed by atoms with Gasteiger partial charge in [0.05, 0.1) is 24.5 Å². The van der Waals surface area contributed by atoms with Crippen LogP contribution in [-0.4, -0.2) is 32.8 Å². The molecule has 0 atom stereocenters. The zero-order chi connectivity index (χ0) is 16.8. The van der Waals surface area contributed by atoms with Crippen molar-refractivity contribution < 1.29 is 0 Å². The van der Waals surface area contributed by atoms with Gasteiger partial charge in [0.15, 0.2) is 0 Å². The Kier molecular flexibility index (Phi) is 3.97. The van der Waals surface area contributed by atoms with Gasteiger partial charge in [-0.1, -0.05) is 0 Å². The molecule has 5 rings (SSSR count). The van der Waals surface area contributed by atoms with Gasteiger partial charge in [-0.25, -0.2) is 9.67 Å². The number of fused-ring (bicyclic) bond motifs is 1. The molecule has 0 spiro atoms. The lowest BCUT2D eigenvalue weighted by Crippen LogP contribution is -2.48. The van der Waals surface area contributed by atoms with E-state index in [0.29, 0.717) is 11.8 Å². The zero-order valence-electron chi connectivity index (χ0n) is 14.5. The molecule has 0 amide bonds. The van der Waals surface area contributed by atoms with Gasteiger partial charge in [0.2, 0.25) is 0 Å².